The Labute approximate surface area is 203 Å². The van der Waals surface area contributed by atoms with Crippen molar-refractivity contribution in [3.05, 3.63) is 35.5 Å². The third-order valence-corrected chi connectivity index (χ3v) is 6.24. The SMILES string of the molecule is CCc1nc(OC)c(NSC(=O)N2CCN(c3cc(OC)cc(OC)c3)CC2)cc1C(=O)OC. The maximum Gasteiger partial charge on any atom is 0.339 e. The molecule has 0 unspecified atom stereocenters. The minimum atomic E-state index is -0.489. The molecule has 1 aromatic heterocycles. The van der Waals surface area contributed by atoms with Crippen molar-refractivity contribution >= 4 is 34.5 Å². The van der Waals surface area contributed by atoms with Gasteiger partial charge >= 0.3 is 11.2 Å². The largest absolute Gasteiger partial charge is 0.497 e. The third kappa shape index (κ3) is 5.77. The second-order valence-corrected chi connectivity index (χ2v) is 8.16. The summed E-state index contributed by atoms with van der Waals surface area (Å²) < 4.78 is 23.9. The van der Waals surface area contributed by atoms with Gasteiger partial charge in [-0.05, 0) is 12.5 Å². The van der Waals surface area contributed by atoms with Crippen LogP contribution >= 0.6 is 11.9 Å². The maximum absolute atomic E-state index is 12.8. The number of nitrogens with zero attached hydrogens (tertiary/aromatic N) is 3. The summed E-state index contributed by atoms with van der Waals surface area (Å²) in [5.74, 6) is 1.25. The molecule has 1 aliphatic rings. The lowest BCUT2D eigenvalue weighted by atomic mass is 10.1. The molecule has 0 spiro atoms. The van der Waals surface area contributed by atoms with Gasteiger partial charge in [-0.3, -0.25) is 4.79 Å². The average molecular weight is 491 g/mol. The summed E-state index contributed by atoms with van der Waals surface area (Å²) >= 11 is 0.923. The van der Waals surface area contributed by atoms with Crippen LogP contribution in [0.2, 0.25) is 0 Å². The molecule has 2 heterocycles. The summed E-state index contributed by atoms with van der Waals surface area (Å²) in [6.07, 6.45) is 0.538. The van der Waals surface area contributed by atoms with Crippen LogP contribution in [0.5, 0.6) is 17.4 Å². The van der Waals surface area contributed by atoms with Crippen molar-refractivity contribution in [2.45, 2.75) is 13.3 Å². The zero-order valence-corrected chi connectivity index (χ0v) is 20.9. The molecule has 0 atom stereocenters. The highest BCUT2D eigenvalue weighted by Gasteiger charge is 2.24. The van der Waals surface area contributed by atoms with Crippen molar-refractivity contribution in [3.63, 3.8) is 0 Å². The van der Waals surface area contributed by atoms with Gasteiger partial charge in [-0.15, -0.1) is 0 Å². The summed E-state index contributed by atoms with van der Waals surface area (Å²) in [6, 6.07) is 7.33. The minimum Gasteiger partial charge on any atom is -0.497 e. The number of aromatic nitrogens is 1. The van der Waals surface area contributed by atoms with Crippen LogP contribution < -0.4 is 23.8 Å². The molecule has 10 nitrogen and oxygen atoms in total. The summed E-state index contributed by atoms with van der Waals surface area (Å²) in [5, 5.41) is -0.135. The van der Waals surface area contributed by atoms with E-state index in [9.17, 15) is 9.59 Å². The molecule has 11 heteroatoms. The van der Waals surface area contributed by atoms with E-state index in [-0.39, 0.29) is 5.24 Å². The normalized spacial score (nSPS) is 13.3. The highest BCUT2D eigenvalue weighted by atomic mass is 32.2. The predicted octanol–water partition coefficient (Wildman–Crippen LogP) is 3.46. The molecule has 34 heavy (non-hydrogen) atoms. The van der Waals surface area contributed by atoms with Gasteiger partial charge in [-0.2, -0.15) is 0 Å². The monoisotopic (exact) mass is 490 g/mol. The van der Waals surface area contributed by atoms with Gasteiger partial charge in [0, 0.05) is 62.0 Å². The van der Waals surface area contributed by atoms with Crippen molar-refractivity contribution in [2.24, 2.45) is 0 Å². The van der Waals surface area contributed by atoms with Crippen LogP contribution in [0.1, 0.15) is 23.0 Å². The van der Waals surface area contributed by atoms with Gasteiger partial charge in [-0.25, -0.2) is 9.78 Å². The number of rotatable bonds is 8. The van der Waals surface area contributed by atoms with E-state index in [0.717, 1.165) is 29.1 Å². The standard InChI is InChI=1S/C23H30N4O6S/c1-6-19-18(22(28)33-5)14-20(21(24-19)32-4)25-34-23(29)27-9-7-26(8-10-27)15-11-16(30-2)13-17(12-15)31-3/h11-14,25H,6-10H2,1-5H3. The van der Waals surface area contributed by atoms with Crippen molar-refractivity contribution in [1.82, 2.24) is 9.88 Å². The molecule has 1 aliphatic heterocycles. The fraction of sp³-hybridized carbons (Fsp3) is 0.435. The molecule has 1 N–H and O–H groups in total. The van der Waals surface area contributed by atoms with Crippen molar-refractivity contribution < 1.29 is 28.5 Å². The number of carbonyl (C=O) groups is 2. The van der Waals surface area contributed by atoms with Gasteiger partial charge in [0.05, 0.1) is 39.7 Å². The van der Waals surface area contributed by atoms with Crippen LogP contribution in [-0.2, 0) is 11.2 Å². The topological polar surface area (TPSA) is 102 Å². The molecule has 184 valence electrons. The van der Waals surface area contributed by atoms with Gasteiger partial charge < -0.3 is 33.5 Å². The Morgan fingerprint density at radius 3 is 2.15 bits per heavy atom. The number of hydrogen-bond acceptors (Lipinski definition) is 10. The van der Waals surface area contributed by atoms with Crippen molar-refractivity contribution in [3.8, 4) is 17.4 Å². The Morgan fingerprint density at radius 2 is 1.62 bits per heavy atom. The quantitative estimate of drug-likeness (QED) is 0.437. The molecule has 1 aromatic carbocycles. The first kappa shape index (κ1) is 25.3. The van der Waals surface area contributed by atoms with Gasteiger partial charge in [0.25, 0.3) is 0 Å². The molecule has 0 aliphatic carbocycles. The van der Waals surface area contributed by atoms with Crippen LogP contribution in [-0.4, -0.2) is 75.7 Å². The lowest BCUT2D eigenvalue weighted by molar-refractivity contribution is 0.0599. The van der Waals surface area contributed by atoms with E-state index in [1.807, 2.05) is 25.1 Å². The number of methoxy groups -OCH3 is 4. The average Bonchev–Trinajstić information content (AvgIpc) is 2.90. The molecular weight excluding hydrogens is 460 g/mol. The van der Waals surface area contributed by atoms with Gasteiger partial charge in [-0.1, -0.05) is 6.92 Å². The van der Waals surface area contributed by atoms with Crippen LogP contribution in [0.15, 0.2) is 24.3 Å². The third-order valence-electron chi connectivity index (χ3n) is 5.49. The molecule has 2 aromatic rings. The summed E-state index contributed by atoms with van der Waals surface area (Å²) in [6.45, 7) is 4.35. The van der Waals surface area contributed by atoms with E-state index in [2.05, 4.69) is 14.6 Å². The number of piperazine rings is 1. The molecule has 1 saturated heterocycles. The second-order valence-electron chi connectivity index (χ2n) is 7.40. The Kier molecular flexibility index (Phi) is 8.69. The first-order valence-electron chi connectivity index (χ1n) is 10.8. The molecular formula is C23H30N4O6S. The molecule has 0 saturated carbocycles. The fourth-order valence-corrected chi connectivity index (χ4v) is 4.26. The van der Waals surface area contributed by atoms with E-state index in [1.165, 1.54) is 14.2 Å². The number of ether oxygens (including phenoxy) is 4. The predicted molar refractivity (Wildman–Crippen MR) is 131 cm³/mol. The lowest BCUT2D eigenvalue weighted by Gasteiger charge is -2.36. The van der Waals surface area contributed by atoms with Crippen LogP contribution in [0.4, 0.5) is 16.2 Å². The van der Waals surface area contributed by atoms with E-state index < -0.39 is 5.97 Å². The van der Waals surface area contributed by atoms with Crippen molar-refractivity contribution in [2.75, 3.05) is 64.2 Å². The van der Waals surface area contributed by atoms with E-state index in [1.54, 1.807) is 25.2 Å². The molecule has 1 fully saturated rings. The van der Waals surface area contributed by atoms with Crippen LogP contribution in [0, 0.1) is 0 Å². The number of amides is 1. The van der Waals surface area contributed by atoms with Crippen molar-refractivity contribution in [1.29, 1.82) is 0 Å². The van der Waals surface area contributed by atoms with Gasteiger partial charge in [0.2, 0.25) is 5.88 Å². The van der Waals surface area contributed by atoms with E-state index in [0.29, 0.717) is 55.4 Å². The fourth-order valence-electron chi connectivity index (χ4n) is 3.60. The number of aryl methyl sites for hydroxylation is 1. The molecule has 0 radical (unpaired) electrons. The van der Waals surface area contributed by atoms with E-state index >= 15 is 0 Å². The number of hydrogen-bond donors (Lipinski definition) is 1. The number of carbonyl (C=O) groups excluding carboxylic acids is 2. The maximum atomic E-state index is 12.8. The summed E-state index contributed by atoms with van der Waals surface area (Å²) in [5.41, 5.74) is 2.32. The number of nitrogens with one attached hydrogen (secondary N) is 1. The number of benzene rings is 1. The highest BCUT2D eigenvalue weighted by molar-refractivity contribution is 8.14. The molecule has 1 amide bonds. The highest BCUT2D eigenvalue weighted by Crippen LogP contribution is 2.31. The summed E-state index contributed by atoms with van der Waals surface area (Å²) in [7, 11) is 6.05. The Bertz CT molecular complexity index is 1000. The Hall–Kier alpha value is -3.34. The summed E-state index contributed by atoms with van der Waals surface area (Å²) in [4.78, 5) is 33.3. The number of pyridine rings is 1. The lowest BCUT2D eigenvalue weighted by Crippen LogP contribution is -2.47. The minimum absolute atomic E-state index is 0.135. The van der Waals surface area contributed by atoms with Gasteiger partial charge in [0.1, 0.15) is 17.2 Å². The van der Waals surface area contributed by atoms with Crippen LogP contribution in [0.25, 0.3) is 0 Å². The zero-order chi connectivity index (χ0) is 24.7. The smallest absolute Gasteiger partial charge is 0.339 e. The molecule has 3 rings (SSSR count). The Morgan fingerprint density at radius 1 is 0.971 bits per heavy atom. The zero-order valence-electron chi connectivity index (χ0n) is 20.0. The molecule has 0 bridgehead atoms. The van der Waals surface area contributed by atoms with Gasteiger partial charge in [0.15, 0.2) is 0 Å². The first-order chi connectivity index (χ1) is 16.4. The van der Waals surface area contributed by atoms with Crippen LogP contribution in [0.3, 0.4) is 0 Å². The second kappa shape index (κ2) is 11.7. The Balaban J connectivity index is 1.63. The van der Waals surface area contributed by atoms with E-state index in [4.69, 9.17) is 18.9 Å². The number of esters is 1. The number of anilines is 2. The first-order valence-corrected chi connectivity index (χ1v) is 11.6.